The van der Waals surface area contributed by atoms with Crippen molar-refractivity contribution in [2.24, 2.45) is 14.1 Å². The molecule has 0 atom stereocenters. The van der Waals surface area contributed by atoms with Gasteiger partial charge in [-0.1, -0.05) is 42.5 Å². The van der Waals surface area contributed by atoms with Crippen LogP contribution in [0.2, 0.25) is 0 Å². The maximum Gasteiger partial charge on any atom is 0.220 e. The van der Waals surface area contributed by atoms with E-state index in [2.05, 4.69) is 121 Å². The maximum atomic E-state index is 2.35. The van der Waals surface area contributed by atoms with Crippen LogP contribution >= 0.6 is 0 Å². The molecule has 2 aromatic heterocycles. The summed E-state index contributed by atoms with van der Waals surface area (Å²) in [6.45, 7) is 2.26. The summed E-state index contributed by atoms with van der Waals surface area (Å²) in [5, 5.41) is 5.09. The lowest BCUT2D eigenvalue weighted by atomic mass is 9.89. The van der Waals surface area contributed by atoms with Crippen LogP contribution in [-0.4, -0.2) is 0 Å². The highest BCUT2D eigenvalue weighted by Crippen LogP contribution is 2.38. The molecule has 29 heavy (non-hydrogen) atoms. The number of aryl methyl sites for hydroxylation is 2. The third-order valence-corrected chi connectivity index (χ3v) is 5.92. The Labute approximate surface area is 171 Å². The van der Waals surface area contributed by atoms with Crippen molar-refractivity contribution in [3.8, 4) is 22.5 Å². The highest BCUT2D eigenvalue weighted by Gasteiger charge is 2.23. The van der Waals surface area contributed by atoms with E-state index in [4.69, 9.17) is 0 Å². The van der Waals surface area contributed by atoms with E-state index in [1.165, 1.54) is 49.6 Å². The first kappa shape index (κ1) is 17.6. The van der Waals surface area contributed by atoms with E-state index in [0.717, 1.165) is 0 Å². The van der Waals surface area contributed by atoms with Gasteiger partial charge in [0.15, 0.2) is 12.4 Å². The summed E-state index contributed by atoms with van der Waals surface area (Å²) in [6, 6.07) is 28.3. The number of pyridine rings is 2. The van der Waals surface area contributed by atoms with E-state index >= 15 is 0 Å². The molecule has 2 heteroatoms. The van der Waals surface area contributed by atoms with E-state index in [1.807, 2.05) is 0 Å². The Morgan fingerprint density at radius 1 is 0.621 bits per heavy atom. The van der Waals surface area contributed by atoms with Crippen molar-refractivity contribution in [3.63, 3.8) is 0 Å². The van der Waals surface area contributed by atoms with E-state index in [1.54, 1.807) is 0 Å². The van der Waals surface area contributed by atoms with Gasteiger partial charge in [-0.15, -0.1) is 0 Å². The molecule has 0 bridgehead atoms. The molecule has 0 radical (unpaired) electrons. The monoisotopic (exact) mass is 376 g/mol. The molecule has 0 aliphatic rings. The van der Waals surface area contributed by atoms with Gasteiger partial charge in [-0.25, -0.2) is 9.13 Å². The number of benzene rings is 3. The topological polar surface area (TPSA) is 7.76 Å². The minimum Gasteiger partial charge on any atom is -0.201 e. The van der Waals surface area contributed by atoms with Gasteiger partial charge >= 0.3 is 0 Å². The van der Waals surface area contributed by atoms with Crippen molar-refractivity contribution in [2.45, 2.75) is 6.92 Å². The highest BCUT2D eigenvalue weighted by molar-refractivity contribution is 6.03. The summed E-state index contributed by atoms with van der Waals surface area (Å²) in [7, 11) is 4.26. The number of hydrogen-bond acceptors (Lipinski definition) is 0. The average molecular weight is 377 g/mol. The van der Waals surface area contributed by atoms with Gasteiger partial charge in [-0.2, -0.15) is 0 Å². The van der Waals surface area contributed by atoms with Crippen molar-refractivity contribution in [1.82, 2.24) is 0 Å². The van der Waals surface area contributed by atoms with Gasteiger partial charge in [0.2, 0.25) is 11.4 Å². The zero-order valence-electron chi connectivity index (χ0n) is 17.1. The lowest BCUT2D eigenvalue weighted by Crippen LogP contribution is -2.31. The first-order chi connectivity index (χ1) is 14.1. The minimum absolute atomic E-state index is 1.23. The predicted octanol–water partition coefficient (Wildman–Crippen LogP) is 5.28. The lowest BCUT2D eigenvalue weighted by Gasteiger charge is -2.14. The molecular weight excluding hydrogens is 352 g/mol. The second kappa shape index (κ2) is 6.82. The molecular formula is C27H24N2+2. The summed E-state index contributed by atoms with van der Waals surface area (Å²) in [5.41, 5.74) is 6.37. The first-order valence-corrected chi connectivity index (χ1v) is 10.0. The molecule has 0 amide bonds. The second-order valence-electron chi connectivity index (χ2n) is 7.70. The molecule has 0 saturated carbocycles. The number of aromatic nitrogens is 2. The van der Waals surface area contributed by atoms with Crippen LogP contribution < -0.4 is 9.13 Å². The van der Waals surface area contributed by atoms with Crippen LogP contribution in [0, 0.1) is 6.92 Å². The molecule has 0 fully saturated rings. The van der Waals surface area contributed by atoms with Crippen LogP contribution in [0.3, 0.4) is 0 Å². The van der Waals surface area contributed by atoms with Gasteiger partial charge in [0.1, 0.15) is 14.1 Å². The van der Waals surface area contributed by atoms with Gasteiger partial charge in [-0.05, 0) is 46.8 Å². The Balaban J connectivity index is 1.95. The maximum absolute atomic E-state index is 2.35. The molecule has 2 heterocycles. The molecule has 140 valence electrons. The molecule has 5 aromatic rings. The van der Waals surface area contributed by atoms with Gasteiger partial charge in [-0.3, -0.25) is 0 Å². The summed E-state index contributed by atoms with van der Waals surface area (Å²) < 4.78 is 4.45. The summed E-state index contributed by atoms with van der Waals surface area (Å²) >= 11 is 0. The van der Waals surface area contributed by atoms with Crippen LogP contribution in [0.15, 0.2) is 91.3 Å². The van der Waals surface area contributed by atoms with Gasteiger partial charge < -0.3 is 0 Å². The third kappa shape index (κ3) is 2.80. The fourth-order valence-electron chi connectivity index (χ4n) is 4.46. The average Bonchev–Trinajstić information content (AvgIpc) is 2.74. The smallest absolute Gasteiger partial charge is 0.201 e. The minimum atomic E-state index is 1.23. The van der Waals surface area contributed by atoms with Crippen LogP contribution in [0.5, 0.6) is 0 Å². The first-order valence-electron chi connectivity index (χ1n) is 10.0. The molecule has 0 aliphatic heterocycles. The van der Waals surface area contributed by atoms with Crippen LogP contribution in [0.25, 0.3) is 44.1 Å². The highest BCUT2D eigenvalue weighted by atomic mass is 14.9. The summed E-state index contributed by atoms with van der Waals surface area (Å²) in [5.74, 6) is 0. The van der Waals surface area contributed by atoms with Crippen LogP contribution in [-0.2, 0) is 14.1 Å². The SMILES string of the molecule is Cc1c(-c2c3ccccc3cc[n+]2C)cc2ccccc2c1-c1cccc[n+]1C. The van der Waals surface area contributed by atoms with Crippen LogP contribution in [0.4, 0.5) is 0 Å². The largest absolute Gasteiger partial charge is 0.220 e. The van der Waals surface area contributed by atoms with Crippen LogP contribution in [0.1, 0.15) is 5.56 Å². The van der Waals surface area contributed by atoms with Crippen molar-refractivity contribution >= 4 is 21.5 Å². The fraction of sp³-hybridized carbons (Fsp3) is 0.111. The van der Waals surface area contributed by atoms with Crippen molar-refractivity contribution in [3.05, 3.63) is 96.8 Å². The summed E-state index contributed by atoms with van der Waals surface area (Å²) in [4.78, 5) is 0. The molecule has 0 N–H and O–H groups in total. The zero-order valence-corrected chi connectivity index (χ0v) is 17.1. The van der Waals surface area contributed by atoms with Crippen molar-refractivity contribution < 1.29 is 9.13 Å². The Hall–Kier alpha value is -3.52. The second-order valence-corrected chi connectivity index (χ2v) is 7.70. The molecule has 0 saturated heterocycles. The molecule has 5 rings (SSSR count). The molecule has 0 spiro atoms. The quantitative estimate of drug-likeness (QED) is 0.370. The Kier molecular flexibility index (Phi) is 4.13. The number of nitrogens with zero attached hydrogens (tertiary/aromatic N) is 2. The molecule has 0 aliphatic carbocycles. The lowest BCUT2D eigenvalue weighted by molar-refractivity contribution is -0.660. The summed E-state index contributed by atoms with van der Waals surface area (Å²) in [6.07, 6.45) is 4.28. The third-order valence-electron chi connectivity index (χ3n) is 5.92. The molecule has 2 nitrogen and oxygen atoms in total. The number of hydrogen-bond donors (Lipinski definition) is 0. The van der Waals surface area contributed by atoms with E-state index in [9.17, 15) is 0 Å². The fourth-order valence-corrected chi connectivity index (χ4v) is 4.46. The van der Waals surface area contributed by atoms with E-state index < -0.39 is 0 Å². The van der Waals surface area contributed by atoms with Gasteiger partial charge in [0.25, 0.3) is 0 Å². The van der Waals surface area contributed by atoms with E-state index in [-0.39, 0.29) is 0 Å². The Morgan fingerprint density at radius 3 is 2.10 bits per heavy atom. The molecule has 0 unspecified atom stereocenters. The number of rotatable bonds is 2. The Morgan fingerprint density at radius 2 is 1.31 bits per heavy atom. The predicted molar refractivity (Wildman–Crippen MR) is 119 cm³/mol. The Bertz CT molecular complexity index is 1380. The van der Waals surface area contributed by atoms with Crippen molar-refractivity contribution in [2.75, 3.05) is 0 Å². The van der Waals surface area contributed by atoms with Gasteiger partial charge in [0.05, 0.1) is 16.5 Å². The number of fused-ring (bicyclic) bond motifs is 2. The zero-order chi connectivity index (χ0) is 20.0. The normalized spacial score (nSPS) is 11.3. The van der Waals surface area contributed by atoms with E-state index in [0.29, 0.717) is 0 Å². The van der Waals surface area contributed by atoms with Crippen molar-refractivity contribution in [1.29, 1.82) is 0 Å². The molecule has 3 aromatic carbocycles. The van der Waals surface area contributed by atoms with Gasteiger partial charge in [0, 0.05) is 18.2 Å². The standard InChI is InChI=1S/C27H24N2/c1-19-24(27-23-13-7-4-10-20(23)15-17-29(27)3)18-21-11-5-6-12-22(21)26(19)25-14-8-9-16-28(25)2/h4-18H,1-3H3/q+2.